The monoisotopic (exact) mass is 238 g/mol. The van der Waals surface area contributed by atoms with Crippen molar-refractivity contribution in [3.8, 4) is 0 Å². The van der Waals surface area contributed by atoms with Crippen LogP contribution in [0.25, 0.3) is 0 Å². The summed E-state index contributed by atoms with van der Waals surface area (Å²) in [6.45, 7) is 1.72. The highest BCUT2D eigenvalue weighted by molar-refractivity contribution is 5.79. The molecule has 3 nitrogen and oxygen atoms in total. The lowest BCUT2D eigenvalue weighted by atomic mass is 9.89. The van der Waals surface area contributed by atoms with Crippen molar-refractivity contribution < 1.29 is 4.79 Å². The largest absolute Gasteiger partial charge is 0.341 e. The molecule has 2 rings (SSSR count). The molecule has 2 N–H and O–H groups in total. The van der Waals surface area contributed by atoms with Gasteiger partial charge in [-0.1, -0.05) is 32.1 Å². The topological polar surface area (TPSA) is 46.3 Å². The number of nitrogens with two attached hydrogens (primary N) is 1. The molecule has 3 heteroatoms. The van der Waals surface area contributed by atoms with Crippen LogP contribution in [0.15, 0.2) is 0 Å². The Morgan fingerprint density at radius 1 is 0.941 bits per heavy atom. The van der Waals surface area contributed by atoms with E-state index in [2.05, 4.69) is 0 Å². The molecule has 1 saturated heterocycles. The molecule has 0 aromatic rings. The van der Waals surface area contributed by atoms with Crippen LogP contribution in [0.2, 0.25) is 0 Å². The quantitative estimate of drug-likeness (QED) is 0.762. The Bertz CT molecular complexity index is 247. The zero-order valence-corrected chi connectivity index (χ0v) is 10.9. The van der Waals surface area contributed by atoms with Crippen molar-refractivity contribution in [1.29, 1.82) is 0 Å². The van der Waals surface area contributed by atoms with Crippen molar-refractivity contribution in [2.45, 2.75) is 63.8 Å². The Labute approximate surface area is 105 Å². The van der Waals surface area contributed by atoms with E-state index in [4.69, 9.17) is 5.73 Å². The van der Waals surface area contributed by atoms with Gasteiger partial charge in [0.05, 0.1) is 0 Å². The van der Waals surface area contributed by atoms with Gasteiger partial charge in [0.15, 0.2) is 0 Å². The second kappa shape index (κ2) is 6.39. The van der Waals surface area contributed by atoms with Gasteiger partial charge in [-0.15, -0.1) is 0 Å². The minimum Gasteiger partial charge on any atom is -0.341 e. The first-order chi connectivity index (χ1) is 8.27. The van der Waals surface area contributed by atoms with Crippen LogP contribution in [-0.2, 0) is 4.79 Å². The van der Waals surface area contributed by atoms with E-state index in [0.717, 1.165) is 38.8 Å². The minimum atomic E-state index is 0.209. The van der Waals surface area contributed by atoms with Gasteiger partial charge in [0.2, 0.25) is 5.91 Å². The van der Waals surface area contributed by atoms with Crippen LogP contribution in [0.5, 0.6) is 0 Å². The van der Waals surface area contributed by atoms with Gasteiger partial charge < -0.3 is 10.6 Å². The molecule has 1 saturated carbocycles. The Morgan fingerprint density at radius 3 is 2.24 bits per heavy atom. The molecule has 1 heterocycles. The van der Waals surface area contributed by atoms with Crippen LogP contribution in [-0.4, -0.2) is 29.9 Å². The number of amides is 1. The normalized spacial score (nSPS) is 28.5. The van der Waals surface area contributed by atoms with Crippen molar-refractivity contribution >= 4 is 5.91 Å². The summed E-state index contributed by atoms with van der Waals surface area (Å²) < 4.78 is 0. The van der Waals surface area contributed by atoms with Gasteiger partial charge in [-0.3, -0.25) is 4.79 Å². The summed E-state index contributed by atoms with van der Waals surface area (Å²) in [5.74, 6) is 0.683. The first-order valence-electron chi connectivity index (χ1n) is 7.32. The average Bonchev–Trinajstić information content (AvgIpc) is 2.28. The average molecular weight is 238 g/mol. The van der Waals surface area contributed by atoms with E-state index in [0.29, 0.717) is 11.8 Å². The molecular weight excluding hydrogens is 212 g/mol. The van der Waals surface area contributed by atoms with Gasteiger partial charge in [-0.2, -0.15) is 0 Å². The number of likely N-dealkylation sites (tertiary alicyclic amines) is 1. The zero-order valence-electron chi connectivity index (χ0n) is 10.9. The van der Waals surface area contributed by atoms with Crippen molar-refractivity contribution in [1.82, 2.24) is 4.90 Å². The fraction of sp³-hybridized carbons (Fsp3) is 0.929. The molecule has 2 fully saturated rings. The predicted molar refractivity (Wildman–Crippen MR) is 69.6 cm³/mol. The van der Waals surface area contributed by atoms with E-state index in [-0.39, 0.29) is 6.04 Å². The third-order valence-corrected chi connectivity index (χ3v) is 4.22. The van der Waals surface area contributed by atoms with Gasteiger partial charge >= 0.3 is 0 Å². The molecule has 2 aliphatic rings. The molecule has 0 spiro atoms. The van der Waals surface area contributed by atoms with Crippen LogP contribution in [0.4, 0.5) is 0 Å². The fourth-order valence-corrected chi connectivity index (χ4v) is 3.17. The lowest BCUT2D eigenvalue weighted by Gasteiger charge is -2.34. The van der Waals surface area contributed by atoms with Crippen molar-refractivity contribution in [2.75, 3.05) is 13.1 Å². The molecule has 0 aromatic heterocycles. The van der Waals surface area contributed by atoms with Gasteiger partial charge in [-0.05, 0) is 25.7 Å². The molecule has 1 amide bonds. The van der Waals surface area contributed by atoms with Gasteiger partial charge in [0, 0.05) is 25.0 Å². The van der Waals surface area contributed by atoms with E-state index in [1.807, 2.05) is 4.90 Å². The van der Waals surface area contributed by atoms with Crippen LogP contribution in [0.3, 0.4) is 0 Å². The highest BCUT2D eigenvalue weighted by atomic mass is 16.2. The second-order valence-corrected chi connectivity index (χ2v) is 5.73. The standard InChI is InChI=1S/C14H26N2O/c15-13-9-6-10-16(11-13)14(17)12-7-4-2-1-3-5-8-12/h12-13H,1-11,15H2/t13-/m1/s1. The number of hydrogen-bond acceptors (Lipinski definition) is 2. The van der Waals surface area contributed by atoms with Gasteiger partial charge in [0.1, 0.15) is 0 Å². The summed E-state index contributed by atoms with van der Waals surface area (Å²) in [6, 6.07) is 0.209. The Morgan fingerprint density at radius 2 is 1.59 bits per heavy atom. The molecule has 0 aromatic carbocycles. The Kier molecular flexibility index (Phi) is 4.84. The van der Waals surface area contributed by atoms with E-state index in [9.17, 15) is 4.79 Å². The van der Waals surface area contributed by atoms with Crippen molar-refractivity contribution in [3.05, 3.63) is 0 Å². The van der Waals surface area contributed by atoms with E-state index < -0.39 is 0 Å². The zero-order chi connectivity index (χ0) is 12.1. The van der Waals surface area contributed by atoms with E-state index >= 15 is 0 Å². The third-order valence-electron chi connectivity index (χ3n) is 4.22. The van der Waals surface area contributed by atoms with Gasteiger partial charge in [0.25, 0.3) is 0 Å². The summed E-state index contributed by atoms with van der Waals surface area (Å²) >= 11 is 0. The SMILES string of the molecule is N[C@@H]1CCCN(C(=O)C2CCCCCCC2)C1. The lowest BCUT2D eigenvalue weighted by molar-refractivity contribution is -0.137. The van der Waals surface area contributed by atoms with Crippen LogP contribution >= 0.6 is 0 Å². The summed E-state index contributed by atoms with van der Waals surface area (Å²) in [5, 5.41) is 0. The van der Waals surface area contributed by atoms with E-state index in [1.165, 1.54) is 32.1 Å². The highest BCUT2D eigenvalue weighted by Gasteiger charge is 2.27. The van der Waals surface area contributed by atoms with Crippen LogP contribution in [0.1, 0.15) is 57.8 Å². The number of rotatable bonds is 1. The molecule has 98 valence electrons. The third kappa shape index (κ3) is 3.70. The number of carbonyl (C=O) groups excluding carboxylic acids is 1. The molecule has 0 radical (unpaired) electrons. The minimum absolute atomic E-state index is 0.209. The summed E-state index contributed by atoms with van der Waals surface area (Å²) in [4.78, 5) is 14.5. The maximum Gasteiger partial charge on any atom is 0.225 e. The molecule has 0 unspecified atom stereocenters. The number of nitrogens with zero attached hydrogens (tertiary/aromatic N) is 1. The molecule has 1 aliphatic carbocycles. The fourth-order valence-electron chi connectivity index (χ4n) is 3.17. The van der Waals surface area contributed by atoms with Gasteiger partial charge in [-0.25, -0.2) is 0 Å². The number of carbonyl (C=O) groups is 1. The first-order valence-corrected chi connectivity index (χ1v) is 7.32. The van der Waals surface area contributed by atoms with Crippen LogP contribution in [0, 0.1) is 5.92 Å². The molecule has 0 bridgehead atoms. The Hall–Kier alpha value is -0.570. The predicted octanol–water partition coefficient (Wildman–Crippen LogP) is 2.30. The summed E-state index contributed by atoms with van der Waals surface area (Å²) in [6.07, 6.45) is 10.8. The Balaban J connectivity index is 1.87. The highest BCUT2D eigenvalue weighted by Crippen LogP contribution is 2.25. The first kappa shape index (κ1) is 12.9. The molecule has 17 heavy (non-hydrogen) atoms. The van der Waals surface area contributed by atoms with E-state index in [1.54, 1.807) is 0 Å². The maximum atomic E-state index is 12.4. The molecular formula is C14H26N2O. The molecule has 1 atom stereocenters. The smallest absolute Gasteiger partial charge is 0.225 e. The lowest BCUT2D eigenvalue weighted by Crippen LogP contribution is -2.47. The summed E-state index contributed by atoms with van der Waals surface area (Å²) in [7, 11) is 0. The number of piperidine rings is 1. The van der Waals surface area contributed by atoms with Crippen LogP contribution < -0.4 is 5.73 Å². The van der Waals surface area contributed by atoms with Crippen molar-refractivity contribution in [2.24, 2.45) is 11.7 Å². The molecule has 1 aliphatic heterocycles. The summed E-state index contributed by atoms with van der Waals surface area (Å²) in [5.41, 5.74) is 5.95. The maximum absolute atomic E-state index is 12.4. The number of hydrogen-bond donors (Lipinski definition) is 1. The second-order valence-electron chi connectivity index (χ2n) is 5.73. The van der Waals surface area contributed by atoms with Crippen molar-refractivity contribution in [3.63, 3.8) is 0 Å².